The molecule has 0 saturated heterocycles. The fraction of sp³-hybridized carbons (Fsp3) is 0.308. The second kappa shape index (κ2) is 6.82. The van der Waals surface area contributed by atoms with Gasteiger partial charge in [-0.2, -0.15) is 5.10 Å². The summed E-state index contributed by atoms with van der Waals surface area (Å²) < 4.78 is 1.34. The van der Waals surface area contributed by atoms with Crippen LogP contribution in [0.25, 0.3) is 0 Å². The van der Waals surface area contributed by atoms with E-state index in [-0.39, 0.29) is 18.0 Å². The highest BCUT2D eigenvalue weighted by Crippen LogP contribution is 2.09. The number of nitrogens with one attached hydrogen (secondary N) is 1. The molecule has 0 aliphatic carbocycles. The zero-order valence-electron chi connectivity index (χ0n) is 11.2. The van der Waals surface area contributed by atoms with Gasteiger partial charge in [0.25, 0.3) is 0 Å². The molecule has 0 radical (unpaired) electrons. The van der Waals surface area contributed by atoms with Gasteiger partial charge in [0.2, 0.25) is 0 Å². The third kappa shape index (κ3) is 4.55. The molecule has 0 aliphatic rings. The Morgan fingerprint density at radius 2 is 2.10 bits per heavy atom. The van der Waals surface area contributed by atoms with E-state index in [2.05, 4.69) is 10.4 Å². The molecule has 8 nitrogen and oxygen atoms in total. The summed E-state index contributed by atoms with van der Waals surface area (Å²) in [5, 5.41) is 36.4. The maximum absolute atomic E-state index is 10.5. The van der Waals surface area contributed by atoms with Crippen molar-refractivity contribution in [3.05, 3.63) is 52.3 Å². The molecule has 112 valence electrons. The van der Waals surface area contributed by atoms with Crippen LogP contribution in [0.4, 0.5) is 5.69 Å². The molecule has 0 amide bonds. The van der Waals surface area contributed by atoms with E-state index in [1.54, 1.807) is 24.3 Å². The molecular weight excluding hydrogens is 276 g/mol. The number of nitro groups is 1. The maximum Gasteiger partial charge on any atom is 0.306 e. The summed E-state index contributed by atoms with van der Waals surface area (Å²) >= 11 is 0. The maximum atomic E-state index is 10.5. The number of rotatable bonds is 7. The van der Waals surface area contributed by atoms with Gasteiger partial charge in [-0.1, -0.05) is 12.1 Å². The quantitative estimate of drug-likeness (QED) is 0.510. The summed E-state index contributed by atoms with van der Waals surface area (Å²) in [6.07, 6.45) is 1.72. The first-order chi connectivity index (χ1) is 10.0. The lowest BCUT2D eigenvalue weighted by Gasteiger charge is -2.11. The smallest absolute Gasteiger partial charge is 0.306 e. The minimum atomic E-state index is -0.707. The molecule has 1 heterocycles. The molecule has 0 bridgehead atoms. The molecule has 0 fully saturated rings. The molecule has 0 spiro atoms. The normalized spacial score (nSPS) is 12.2. The highest BCUT2D eigenvalue weighted by Gasteiger charge is 2.11. The van der Waals surface area contributed by atoms with Crippen molar-refractivity contribution in [2.75, 3.05) is 6.54 Å². The van der Waals surface area contributed by atoms with Gasteiger partial charge in [-0.05, 0) is 17.7 Å². The number of aromatic hydroxyl groups is 1. The second-order valence-corrected chi connectivity index (χ2v) is 4.63. The van der Waals surface area contributed by atoms with Crippen LogP contribution in [0.1, 0.15) is 5.56 Å². The highest BCUT2D eigenvalue weighted by atomic mass is 16.6. The van der Waals surface area contributed by atoms with Crippen molar-refractivity contribution >= 4 is 5.69 Å². The molecule has 1 aromatic heterocycles. The first-order valence-electron chi connectivity index (χ1n) is 6.38. The lowest BCUT2D eigenvalue weighted by molar-refractivity contribution is -0.385. The van der Waals surface area contributed by atoms with Crippen molar-refractivity contribution in [3.63, 3.8) is 0 Å². The Labute approximate surface area is 120 Å². The fourth-order valence-electron chi connectivity index (χ4n) is 1.82. The Hall–Kier alpha value is -2.45. The summed E-state index contributed by atoms with van der Waals surface area (Å²) in [6, 6.07) is 6.75. The zero-order valence-corrected chi connectivity index (χ0v) is 11.2. The van der Waals surface area contributed by atoms with Gasteiger partial charge < -0.3 is 15.5 Å². The molecule has 0 aliphatic heterocycles. The molecule has 3 N–H and O–H groups in total. The molecule has 1 aromatic carbocycles. The predicted molar refractivity (Wildman–Crippen MR) is 74.7 cm³/mol. The van der Waals surface area contributed by atoms with Crippen LogP contribution in [-0.2, 0) is 13.1 Å². The average Bonchev–Trinajstić information content (AvgIpc) is 2.90. The lowest BCUT2D eigenvalue weighted by Crippen LogP contribution is -2.30. The number of aliphatic hydroxyl groups excluding tert-OH is 1. The molecule has 21 heavy (non-hydrogen) atoms. The molecule has 2 aromatic rings. The van der Waals surface area contributed by atoms with Crippen LogP contribution in [0.2, 0.25) is 0 Å². The van der Waals surface area contributed by atoms with E-state index in [1.807, 2.05) is 0 Å². The highest BCUT2D eigenvalue weighted by molar-refractivity contribution is 5.25. The van der Waals surface area contributed by atoms with Crippen LogP contribution in [-0.4, -0.2) is 37.6 Å². The van der Waals surface area contributed by atoms with Gasteiger partial charge in [-0.3, -0.25) is 14.8 Å². The van der Waals surface area contributed by atoms with Gasteiger partial charge in [0.1, 0.15) is 18.1 Å². The Morgan fingerprint density at radius 3 is 2.71 bits per heavy atom. The van der Waals surface area contributed by atoms with Crippen LogP contribution in [0, 0.1) is 10.1 Å². The number of phenols is 1. The van der Waals surface area contributed by atoms with Crippen molar-refractivity contribution in [2.24, 2.45) is 0 Å². The standard InChI is InChI=1S/C13H16N4O4/c18-12-3-1-10(2-4-12)5-14-7-13(19)9-16-8-11(6-15-16)17(20)21/h1-4,6,8,13-14,18-19H,5,7,9H2. The Kier molecular flexibility index (Phi) is 4.85. The fourth-order valence-corrected chi connectivity index (χ4v) is 1.82. The average molecular weight is 292 g/mol. The number of hydrogen-bond donors (Lipinski definition) is 3. The van der Waals surface area contributed by atoms with Gasteiger partial charge in [-0.25, -0.2) is 0 Å². The third-order valence-electron chi connectivity index (χ3n) is 2.87. The summed E-state index contributed by atoms with van der Waals surface area (Å²) in [5.74, 6) is 0.207. The summed E-state index contributed by atoms with van der Waals surface area (Å²) in [4.78, 5) is 9.98. The molecule has 1 atom stereocenters. The summed E-state index contributed by atoms with van der Waals surface area (Å²) in [5.41, 5.74) is 0.883. The number of benzene rings is 1. The third-order valence-corrected chi connectivity index (χ3v) is 2.87. The van der Waals surface area contributed by atoms with Gasteiger partial charge in [0.05, 0.1) is 17.6 Å². The van der Waals surface area contributed by atoms with Crippen LogP contribution in [0.15, 0.2) is 36.7 Å². The number of phenolic OH excluding ortho intramolecular Hbond substituents is 1. The van der Waals surface area contributed by atoms with Crippen molar-refractivity contribution < 1.29 is 15.1 Å². The van der Waals surface area contributed by atoms with E-state index in [0.29, 0.717) is 13.1 Å². The first-order valence-corrected chi connectivity index (χ1v) is 6.38. The van der Waals surface area contributed by atoms with Crippen molar-refractivity contribution in [2.45, 2.75) is 19.2 Å². The van der Waals surface area contributed by atoms with Gasteiger partial charge >= 0.3 is 5.69 Å². The number of aliphatic hydroxyl groups is 1. The van der Waals surface area contributed by atoms with Gasteiger partial charge in [0.15, 0.2) is 0 Å². The van der Waals surface area contributed by atoms with Crippen LogP contribution in [0.3, 0.4) is 0 Å². The number of nitrogens with zero attached hydrogens (tertiary/aromatic N) is 3. The van der Waals surface area contributed by atoms with E-state index >= 15 is 0 Å². The molecule has 8 heteroatoms. The minimum Gasteiger partial charge on any atom is -0.508 e. The Balaban J connectivity index is 1.75. The second-order valence-electron chi connectivity index (χ2n) is 4.63. The topological polar surface area (TPSA) is 113 Å². The minimum absolute atomic E-state index is 0.0979. The van der Waals surface area contributed by atoms with Crippen molar-refractivity contribution in [3.8, 4) is 5.75 Å². The predicted octanol–water partition coefficient (Wildman–Crippen LogP) is 0.648. The molecule has 2 rings (SSSR count). The van der Waals surface area contributed by atoms with Gasteiger partial charge in [-0.15, -0.1) is 0 Å². The SMILES string of the molecule is O=[N+]([O-])c1cnn(CC(O)CNCc2ccc(O)cc2)c1. The summed E-state index contributed by atoms with van der Waals surface area (Å²) in [6.45, 7) is 1.06. The Morgan fingerprint density at radius 1 is 1.38 bits per heavy atom. The van der Waals surface area contributed by atoms with E-state index in [0.717, 1.165) is 11.8 Å². The van der Waals surface area contributed by atoms with E-state index in [4.69, 9.17) is 5.11 Å². The van der Waals surface area contributed by atoms with Crippen molar-refractivity contribution in [1.29, 1.82) is 0 Å². The van der Waals surface area contributed by atoms with E-state index < -0.39 is 11.0 Å². The molecule has 1 unspecified atom stereocenters. The largest absolute Gasteiger partial charge is 0.508 e. The first kappa shape index (κ1) is 14.9. The lowest BCUT2D eigenvalue weighted by atomic mass is 10.2. The molecule has 0 saturated carbocycles. The number of aromatic nitrogens is 2. The van der Waals surface area contributed by atoms with Gasteiger partial charge in [0, 0.05) is 13.1 Å². The van der Waals surface area contributed by atoms with Crippen LogP contribution >= 0.6 is 0 Å². The van der Waals surface area contributed by atoms with E-state index in [1.165, 1.54) is 10.9 Å². The molecular formula is C13H16N4O4. The van der Waals surface area contributed by atoms with Crippen molar-refractivity contribution in [1.82, 2.24) is 15.1 Å². The monoisotopic (exact) mass is 292 g/mol. The van der Waals surface area contributed by atoms with Crippen LogP contribution in [0.5, 0.6) is 5.75 Å². The zero-order chi connectivity index (χ0) is 15.2. The summed E-state index contributed by atoms with van der Waals surface area (Å²) in [7, 11) is 0. The van der Waals surface area contributed by atoms with E-state index in [9.17, 15) is 15.2 Å². The number of hydrogen-bond acceptors (Lipinski definition) is 6. The Bertz CT molecular complexity index is 596. The van der Waals surface area contributed by atoms with Crippen LogP contribution < -0.4 is 5.32 Å².